The van der Waals surface area contributed by atoms with E-state index in [1.807, 2.05) is 36.5 Å². The molecule has 86 heavy (non-hydrogen) atoms. The first-order valence-corrected chi connectivity index (χ1v) is 29.5. The molecule has 3 aromatic carbocycles. The van der Waals surface area contributed by atoms with E-state index >= 15 is 4.79 Å². The van der Waals surface area contributed by atoms with Crippen molar-refractivity contribution in [2.45, 2.75) is 167 Å². The van der Waals surface area contributed by atoms with Crippen LogP contribution in [0, 0.1) is 16.7 Å². The molecule has 0 radical (unpaired) electrons. The molecule has 5 N–H and O–H groups in total. The Balaban J connectivity index is 0.000000417. The van der Waals surface area contributed by atoms with E-state index in [1.54, 1.807) is 105 Å². The highest BCUT2D eigenvalue weighted by molar-refractivity contribution is 5.96. The number of carbonyl (C=O) groups excluding carboxylic acids is 6. The van der Waals surface area contributed by atoms with E-state index in [2.05, 4.69) is 24.4 Å². The molecule has 4 aliphatic rings. The number of aliphatic hydroxyl groups excluding tert-OH is 2. The zero-order valence-corrected chi connectivity index (χ0v) is 50.2. The molecule has 0 unspecified atom stereocenters. The molecule has 2 bridgehead atoms. The molecular weight excluding hydrogens is 1100 g/mol. The van der Waals surface area contributed by atoms with Crippen molar-refractivity contribution in [3.05, 3.63) is 192 Å². The monoisotopic (exact) mass is 1180 g/mol. The molecule has 1 aliphatic heterocycles. The normalized spacial score (nSPS) is 26.6. The highest BCUT2D eigenvalue weighted by atomic mass is 16.6. The molecule has 3 aliphatic carbocycles. The third-order valence-electron chi connectivity index (χ3n) is 16.8. The SMILES string of the molecule is CC(=O)O[C@H]1C(=O)[C@@]2(C)[C@H]([C@H](OC(=O)c3ccccc3)[C@]3(O)C[C@H](OC(=O)[C@H](O)[C@@H](NC(=O)c4ccccc4)c4ccccc4)C(C)=C1C3(C)C)[C@]1(OC(C)=O)CO[C@@H]1C[C@@H]2O.CCCCCCCCC/C=C/C=C/C=C/C=C/C=C/C=C/C(=O)O. The van der Waals surface area contributed by atoms with Crippen molar-refractivity contribution in [3.63, 3.8) is 0 Å². The first kappa shape index (κ1) is 67.3. The number of esters is 4. The molecule has 7 rings (SSSR count). The zero-order valence-electron chi connectivity index (χ0n) is 50.2. The number of aliphatic hydroxyl groups is 3. The van der Waals surface area contributed by atoms with E-state index in [9.17, 15) is 44.1 Å². The molecule has 1 saturated heterocycles. The van der Waals surface area contributed by atoms with Crippen molar-refractivity contribution in [2.75, 3.05) is 6.61 Å². The largest absolute Gasteiger partial charge is 0.478 e. The Kier molecular flexibility index (Phi) is 24.3. The van der Waals surface area contributed by atoms with Crippen LogP contribution in [0.25, 0.3) is 0 Å². The Hall–Kier alpha value is -7.83. The van der Waals surface area contributed by atoms with Gasteiger partial charge in [-0.3, -0.25) is 19.2 Å². The van der Waals surface area contributed by atoms with Crippen LogP contribution in [0.3, 0.4) is 0 Å². The van der Waals surface area contributed by atoms with E-state index in [0.29, 0.717) is 5.56 Å². The molecule has 0 aromatic heterocycles. The molecule has 0 spiro atoms. The van der Waals surface area contributed by atoms with E-state index in [4.69, 9.17) is 28.8 Å². The Morgan fingerprint density at radius 2 is 1.27 bits per heavy atom. The summed E-state index contributed by atoms with van der Waals surface area (Å²) in [7, 11) is 0. The van der Waals surface area contributed by atoms with Crippen LogP contribution in [0.5, 0.6) is 0 Å². The summed E-state index contributed by atoms with van der Waals surface area (Å²) in [6, 6.07) is 22.9. The average Bonchev–Trinajstić information content (AvgIpc) is 0.673. The third-order valence-corrected chi connectivity index (χ3v) is 16.8. The highest BCUT2D eigenvalue weighted by Gasteiger charge is 2.78. The minimum Gasteiger partial charge on any atom is -0.478 e. The summed E-state index contributed by atoms with van der Waals surface area (Å²) in [5.41, 5.74) is -7.02. The Labute approximate surface area is 504 Å². The topological polar surface area (TPSA) is 259 Å². The van der Waals surface area contributed by atoms with Crippen LogP contribution in [-0.2, 0) is 47.7 Å². The van der Waals surface area contributed by atoms with Crippen LogP contribution >= 0.6 is 0 Å². The van der Waals surface area contributed by atoms with Gasteiger partial charge in [0.1, 0.15) is 23.9 Å². The number of ketones is 1. The molecular formula is C69H83NO16. The van der Waals surface area contributed by atoms with Gasteiger partial charge in [0.25, 0.3) is 5.91 Å². The molecule has 3 fully saturated rings. The summed E-state index contributed by atoms with van der Waals surface area (Å²) in [6.07, 6.45) is 22.2. The Morgan fingerprint density at radius 3 is 1.81 bits per heavy atom. The maximum atomic E-state index is 15.5. The second-order valence-corrected chi connectivity index (χ2v) is 22.9. The first-order chi connectivity index (χ1) is 41.0. The van der Waals surface area contributed by atoms with Gasteiger partial charge in [-0.25, -0.2) is 14.4 Å². The number of ether oxygens (including phenoxy) is 5. The standard InChI is InChI=1S/C47H51NO14.C22H32O2/c1-25-31(60-43(56)36(52)35(28-16-10-7-11-17-28)48-41(54)29-18-12-8-13-19-29)23-47(57)40(61-42(55)30-20-14-9-15-21-30)38-45(6,32(51)22-33-46(38,24-58-33)62-27(3)50)39(53)37(59-26(2)49)34(25)44(47,4)5;1-2-3-4-5-6-7-8-9-10-11-12-13-14-15-16-17-18-19-20-21-22(23)24/h7-21,31-33,35-38,40,51-52,57H,22-24H2,1-6H3,(H,48,54);10-21H,2-9H2,1H3,(H,23,24)/b;11-10+,13-12+,15-14+,17-16+,19-18+,21-20+/t31-,32-,33+,35-,36+,37+,38-,40-,45+,46-,47+;/m0./s1. The number of carboxylic acid groups (broad SMARTS) is 1. The molecule has 3 aromatic rings. The molecule has 460 valence electrons. The van der Waals surface area contributed by atoms with Gasteiger partial charge in [0.15, 0.2) is 23.6 Å². The van der Waals surface area contributed by atoms with Crippen molar-refractivity contribution in [1.82, 2.24) is 5.32 Å². The third kappa shape index (κ3) is 16.0. The quantitative estimate of drug-likeness (QED) is 0.0140. The number of carboxylic acids is 1. The van der Waals surface area contributed by atoms with Crippen molar-refractivity contribution in [3.8, 4) is 0 Å². The van der Waals surface area contributed by atoms with Crippen molar-refractivity contribution in [1.29, 1.82) is 0 Å². The summed E-state index contributed by atoms with van der Waals surface area (Å²) in [5.74, 6) is -7.78. The predicted octanol–water partition coefficient (Wildman–Crippen LogP) is 10.3. The van der Waals surface area contributed by atoms with E-state index < -0.39 is 119 Å². The summed E-state index contributed by atoms with van der Waals surface area (Å²) < 4.78 is 30.3. The predicted molar refractivity (Wildman–Crippen MR) is 323 cm³/mol. The lowest BCUT2D eigenvalue weighted by Gasteiger charge is -2.67. The Bertz CT molecular complexity index is 3050. The smallest absolute Gasteiger partial charge is 0.338 e. The summed E-state index contributed by atoms with van der Waals surface area (Å²) in [4.78, 5) is 93.7. The lowest BCUT2D eigenvalue weighted by Crippen LogP contribution is -2.82. The van der Waals surface area contributed by atoms with Gasteiger partial charge in [0.2, 0.25) is 0 Å². The average molecular weight is 1180 g/mol. The van der Waals surface area contributed by atoms with Gasteiger partial charge in [-0.05, 0) is 67.7 Å². The second-order valence-electron chi connectivity index (χ2n) is 22.9. The van der Waals surface area contributed by atoms with Crippen molar-refractivity contribution < 1.29 is 77.7 Å². The number of fused-ring (bicyclic) bond motifs is 5. The van der Waals surface area contributed by atoms with Crippen LogP contribution < -0.4 is 5.32 Å². The number of aliphatic carboxylic acids is 1. The second kappa shape index (κ2) is 31.0. The highest BCUT2D eigenvalue weighted by Crippen LogP contribution is 2.64. The summed E-state index contributed by atoms with van der Waals surface area (Å²) >= 11 is 0. The lowest BCUT2D eigenvalue weighted by atomic mass is 9.44. The number of hydrogen-bond acceptors (Lipinski definition) is 15. The van der Waals surface area contributed by atoms with E-state index in [1.165, 1.54) is 77.0 Å². The maximum Gasteiger partial charge on any atom is 0.338 e. The van der Waals surface area contributed by atoms with E-state index in [-0.39, 0.29) is 35.3 Å². The number of carbonyl (C=O) groups is 7. The molecule has 1 amide bonds. The van der Waals surface area contributed by atoms with Crippen molar-refractivity contribution in [2.24, 2.45) is 16.7 Å². The molecule has 17 heteroatoms. The fraction of sp³-hybridized carbons (Fsp3) is 0.435. The van der Waals surface area contributed by atoms with Gasteiger partial charge >= 0.3 is 29.8 Å². The van der Waals surface area contributed by atoms with Crippen LogP contribution in [0.1, 0.15) is 145 Å². The Morgan fingerprint density at radius 1 is 0.721 bits per heavy atom. The van der Waals surface area contributed by atoms with Crippen LogP contribution in [0.15, 0.2) is 175 Å². The van der Waals surface area contributed by atoms with E-state index in [0.717, 1.165) is 26.3 Å². The minimum atomic E-state index is -2.39. The van der Waals surface area contributed by atoms with Gasteiger partial charge < -0.3 is 49.4 Å². The van der Waals surface area contributed by atoms with Gasteiger partial charge in [0, 0.05) is 43.7 Å². The number of hydrogen-bond donors (Lipinski definition) is 5. The number of allylic oxidation sites excluding steroid dienone is 11. The van der Waals surface area contributed by atoms with Crippen molar-refractivity contribution >= 4 is 41.5 Å². The zero-order chi connectivity index (χ0) is 62.7. The number of benzene rings is 3. The van der Waals surface area contributed by atoms with Gasteiger partial charge in [-0.2, -0.15) is 0 Å². The maximum absolute atomic E-state index is 15.5. The molecule has 11 atom stereocenters. The van der Waals surface area contributed by atoms with Gasteiger partial charge in [-0.1, -0.05) is 193 Å². The first-order valence-electron chi connectivity index (χ1n) is 29.5. The lowest BCUT2D eigenvalue weighted by molar-refractivity contribution is -0.346. The van der Waals surface area contributed by atoms with Crippen LogP contribution in [0.4, 0.5) is 0 Å². The van der Waals surface area contributed by atoms with Gasteiger partial charge in [0.05, 0.1) is 35.6 Å². The molecule has 17 nitrogen and oxygen atoms in total. The number of unbranched alkanes of at least 4 members (excludes halogenated alkanes) is 7. The number of amides is 1. The fourth-order valence-corrected chi connectivity index (χ4v) is 12.2. The number of rotatable bonds is 24. The summed E-state index contributed by atoms with van der Waals surface area (Å²) in [6.45, 7) is 10.2. The fourth-order valence-electron chi connectivity index (χ4n) is 12.2. The number of Topliss-reactive ketones (excluding diaryl/α,β-unsaturated/α-hetero) is 1. The summed E-state index contributed by atoms with van der Waals surface area (Å²) in [5, 5.41) is 48.6. The molecule has 1 heterocycles. The minimum absolute atomic E-state index is 0.00289. The number of nitrogens with one attached hydrogen (secondary N) is 1. The van der Waals surface area contributed by atoms with Crippen LogP contribution in [0.2, 0.25) is 0 Å². The van der Waals surface area contributed by atoms with Crippen LogP contribution in [-0.4, -0.2) is 116 Å². The van der Waals surface area contributed by atoms with Gasteiger partial charge in [-0.15, -0.1) is 0 Å². The molecule has 2 saturated carbocycles.